The molecule has 0 heterocycles. The van der Waals surface area contributed by atoms with E-state index in [1.54, 1.807) is 13.2 Å². The van der Waals surface area contributed by atoms with E-state index in [-0.39, 0.29) is 11.6 Å². The lowest BCUT2D eigenvalue weighted by atomic mass is 10.2. The van der Waals surface area contributed by atoms with Crippen LogP contribution in [0.25, 0.3) is 0 Å². The van der Waals surface area contributed by atoms with Crippen molar-refractivity contribution in [2.24, 2.45) is 5.73 Å². The summed E-state index contributed by atoms with van der Waals surface area (Å²) in [5, 5.41) is 0.0700. The van der Waals surface area contributed by atoms with Crippen LogP contribution in [0, 0.1) is 5.82 Å². The third-order valence-corrected chi connectivity index (χ3v) is 3.77. The molecule has 21 heavy (non-hydrogen) atoms. The van der Waals surface area contributed by atoms with Crippen LogP contribution in [0.2, 0.25) is 5.02 Å². The lowest BCUT2D eigenvalue weighted by Crippen LogP contribution is -2.02. The molecule has 0 aliphatic rings. The zero-order chi connectivity index (χ0) is 15.4. The van der Waals surface area contributed by atoms with E-state index in [1.165, 1.54) is 12.1 Å². The number of nitrogens with two attached hydrogens (primary N) is 1. The molecule has 0 saturated carbocycles. The van der Waals surface area contributed by atoms with Gasteiger partial charge in [-0.25, -0.2) is 4.39 Å². The van der Waals surface area contributed by atoms with E-state index in [1.807, 2.05) is 12.1 Å². The molecule has 0 unspecified atom stereocenters. The molecule has 0 spiro atoms. The van der Waals surface area contributed by atoms with Crippen LogP contribution in [0.3, 0.4) is 0 Å². The van der Waals surface area contributed by atoms with Crippen LogP contribution in [-0.2, 0) is 13.2 Å². The average Bonchev–Trinajstić information content (AvgIpc) is 2.48. The molecule has 0 saturated heterocycles. The Hall–Kier alpha value is -1.30. The first-order valence-electron chi connectivity index (χ1n) is 6.18. The highest BCUT2D eigenvalue weighted by molar-refractivity contribution is 9.10. The van der Waals surface area contributed by atoms with E-state index < -0.39 is 5.82 Å². The second kappa shape index (κ2) is 7.11. The number of rotatable bonds is 5. The van der Waals surface area contributed by atoms with Crippen molar-refractivity contribution in [3.63, 3.8) is 0 Å². The van der Waals surface area contributed by atoms with E-state index in [9.17, 15) is 4.39 Å². The molecule has 6 heteroatoms. The molecule has 0 aromatic heterocycles. The Morgan fingerprint density at radius 1 is 1.24 bits per heavy atom. The Balaban J connectivity index is 2.21. The Labute approximate surface area is 135 Å². The number of methoxy groups -OCH3 is 1. The predicted octanol–water partition coefficient (Wildman–Crippen LogP) is 4.29. The molecule has 3 nitrogen and oxygen atoms in total. The maximum absolute atomic E-state index is 13.1. The van der Waals surface area contributed by atoms with Crippen molar-refractivity contribution >= 4 is 27.5 Å². The molecule has 0 fully saturated rings. The van der Waals surface area contributed by atoms with Crippen molar-refractivity contribution in [3.8, 4) is 11.5 Å². The van der Waals surface area contributed by atoms with Gasteiger partial charge in [0.15, 0.2) is 11.5 Å². The standard InChI is InChI=1S/C15H14BrClFNO2/c1-20-14-6-10(7-19)4-11(16)15(14)21-8-9-2-3-13(18)12(17)5-9/h2-6H,7-8,19H2,1H3. The molecule has 0 amide bonds. The number of halogens is 3. The van der Waals surface area contributed by atoms with Gasteiger partial charge in [-0.15, -0.1) is 0 Å². The first kappa shape index (κ1) is 16.1. The summed E-state index contributed by atoms with van der Waals surface area (Å²) >= 11 is 9.18. The fourth-order valence-electron chi connectivity index (χ4n) is 1.82. The minimum atomic E-state index is -0.452. The van der Waals surface area contributed by atoms with Gasteiger partial charge in [-0.1, -0.05) is 17.7 Å². The van der Waals surface area contributed by atoms with Crippen LogP contribution in [0.15, 0.2) is 34.8 Å². The molecule has 2 rings (SSSR count). The minimum Gasteiger partial charge on any atom is -0.493 e. The van der Waals surface area contributed by atoms with Gasteiger partial charge >= 0.3 is 0 Å². The van der Waals surface area contributed by atoms with E-state index >= 15 is 0 Å². The summed E-state index contributed by atoms with van der Waals surface area (Å²) in [5.41, 5.74) is 7.31. The van der Waals surface area contributed by atoms with Crippen molar-refractivity contribution in [3.05, 3.63) is 56.8 Å². The summed E-state index contributed by atoms with van der Waals surface area (Å²) in [4.78, 5) is 0. The fourth-order valence-corrected chi connectivity index (χ4v) is 2.62. The van der Waals surface area contributed by atoms with Crippen molar-refractivity contribution in [1.29, 1.82) is 0 Å². The van der Waals surface area contributed by atoms with Gasteiger partial charge in [0, 0.05) is 6.54 Å². The van der Waals surface area contributed by atoms with Gasteiger partial charge in [-0.3, -0.25) is 0 Å². The third-order valence-electron chi connectivity index (χ3n) is 2.89. The monoisotopic (exact) mass is 373 g/mol. The second-order valence-corrected chi connectivity index (χ2v) is 5.61. The van der Waals surface area contributed by atoms with E-state index in [0.29, 0.717) is 18.0 Å². The summed E-state index contributed by atoms with van der Waals surface area (Å²) in [6.07, 6.45) is 0. The van der Waals surface area contributed by atoms with Gasteiger partial charge in [-0.05, 0) is 51.3 Å². The highest BCUT2D eigenvalue weighted by Gasteiger charge is 2.12. The largest absolute Gasteiger partial charge is 0.493 e. The first-order chi connectivity index (χ1) is 10.0. The maximum Gasteiger partial charge on any atom is 0.175 e. The molecule has 2 aromatic carbocycles. The first-order valence-corrected chi connectivity index (χ1v) is 7.35. The van der Waals surface area contributed by atoms with E-state index in [4.69, 9.17) is 26.8 Å². The zero-order valence-electron chi connectivity index (χ0n) is 11.3. The van der Waals surface area contributed by atoms with Gasteiger partial charge < -0.3 is 15.2 Å². The molecule has 0 radical (unpaired) electrons. The van der Waals surface area contributed by atoms with Crippen molar-refractivity contribution < 1.29 is 13.9 Å². The Morgan fingerprint density at radius 3 is 2.62 bits per heavy atom. The summed E-state index contributed by atoms with van der Waals surface area (Å²) < 4.78 is 24.9. The van der Waals surface area contributed by atoms with Crippen LogP contribution in [0.4, 0.5) is 4.39 Å². The van der Waals surface area contributed by atoms with Crippen molar-refractivity contribution in [2.75, 3.05) is 7.11 Å². The molecule has 2 aromatic rings. The molecule has 0 aliphatic carbocycles. The molecule has 0 bridgehead atoms. The smallest absolute Gasteiger partial charge is 0.175 e. The summed E-state index contributed by atoms with van der Waals surface area (Å²) in [5.74, 6) is 0.694. The van der Waals surface area contributed by atoms with Gasteiger partial charge in [0.2, 0.25) is 0 Å². The fraction of sp³-hybridized carbons (Fsp3) is 0.200. The lowest BCUT2D eigenvalue weighted by molar-refractivity contribution is 0.282. The van der Waals surface area contributed by atoms with Crippen molar-refractivity contribution in [2.45, 2.75) is 13.2 Å². The van der Waals surface area contributed by atoms with Gasteiger partial charge in [0.25, 0.3) is 0 Å². The Kier molecular flexibility index (Phi) is 5.45. The molecule has 2 N–H and O–H groups in total. The SMILES string of the molecule is COc1cc(CN)cc(Br)c1OCc1ccc(F)c(Cl)c1. The lowest BCUT2D eigenvalue weighted by Gasteiger charge is -2.14. The third kappa shape index (κ3) is 3.87. The second-order valence-electron chi connectivity index (χ2n) is 4.35. The van der Waals surface area contributed by atoms with Gasteiger partial charge in [0.05, 0.1) is 16.6 Å². The number of hydrogen-bond acceptors (Lipinski definition) is 3. The highest BCUT2D eigenvalue weighted by Crippen LogP contribution is 2.37. The van der Waals surface area contributed by atoms with Crippen LogP contribution in [0.5, 0.6) is 11.5 Å². The number of benzene rings is 2. The molecular formula is C15H14BrClFNO2. The number of ether oxygens (including phenoxy) is 2. The van der Waals surface area contributed by atoms with Crippen LogP contribution < -0.4 is 15.2 Å². The highest BCUT2D eigenvalue weighted by atomic mass is 79.9. The Bertz CT molecular complexity index is 652. The quantitative estimate of drug-likeness (QED) is 0.849. The minimum absolute atomic E-state index is 0.0700. The van der Waals surface area contributed by atoms with Gasteiger partial charge in [-0.2, -0.15) is 0 Å². The van der Waals surface area contributed by atoms with E-state index in [0.717, 1.165) is 15.6 Å². The zero-order valence-corrected chi connectivity index (χ0v) is 13.7. The Morgan fingerprint density at radius 2 is 2.00 bits per heavy atom. The topological polar surface area (TPSA) is 44.5 Å². The normalized spacial score (nSPS) is 10.5. The van der Waals surface area contributed by atoms with Crippen LogP contribution >= 0.6 is 27.5 Å². The maximum atomic E-state index is 13.1. The van der Waals surface area contributed by atoms with Crippen molar-refractivity contribution in [1.82, 2.24) is 0 Å². The summed E-state index contributed by atoms with van der Waals surface area (Å²) in [7, 11) is 1.56. The summed E-state index contributed by atoms with van der Waals surface area (Å²) in [6, 6.07) is 8.15. The average molecular weight is 375 g/mol. The van der Waals surface area contributed by atoms with Crippen LogP contribution in [-0.4, -0.2) is 7.11 Å². The molecule has 112 valence electrons. The predicted molar refractivity (Wildman–Crippen MR) is 84.3 cm³/mol. The molecule has 0 atom stereocenters. The van der Waals surface area contributed by atoms with Gasteiger partial charge in [0.1, 0.15) is 12.4 Å². The van der Waals surface area contributed by atoms with Crippen LogP contribution in [0.1, 0.15) is 11.1 Å². The number of hydrogen-bond donors (Lipinski definition) is 1. The molecule has 0 aliphatic heterocycles. The molecular weight excluding hydrogens is 361 g/mol. The summed E-state index contributed by atoms with van der Waals surface area (Å²) in [6.45, 7) is 0.653. The van der Waals surface area contributed by atoms with E-state index in [2.05, 4.69) is 15.9 Å².